The van der Waals surface area contributed by atoms with Crippen molar-refractivity contribution in [3.05, 3.63) is 0 Å². The van der Waals surface area contributed by atoms with Gasteiger partial charge in [-0.25, -0.2) is 0 Å². The summed E-state index contributed by atoms with van der Waals surface area (Å²) in [6.45, 7) is 9.66. The normalized spacial score (nSPS) is 26.2. The summed E-state index contributed by atoms with van der Waals surface area (Å²) in [5.41, 5.74) is 0. The topological polar surface area (TPSA) is 21.3 Å². The minimum Gasteiger partial charge on any atom is -0.380 e. The van der Waals surface area contributed by atoms with Gasteiger partial charge in [-0.05, 0) is 31.1 Å². The molecule has 16 heavy (non-hydrogen) atoms. The van der Waals surface area contributed by atoms with E-state index in [1.165, 1.54) is 32.1 Å². The largest absolute Gasteiger partial charge is 0.380 e. The van der Waals surface area contributed by atoms with Crippen LogP contribution in [-0.4, -0.2) is 25.8 Å². The summed E-state index contributed by atoms with van der Waals surface area (Å²) in [4.78, 5) is 0. The third kappa shape index (κ3) is 6.49. The first-order valence-corrected chi connectivity index (χ1v) is 6.99. The average molecular weight is 227 g/mol. The van der Waals surface area contributed by atoms with E-state index in [9.17, 15) is 0 Å². The van der Waals surface area contributed by atoms with E-state index >= 15 is 0 Å². The van der Waals surface area contributed by atoms with Crippen molar-refractivity contribution in [2.24, 2.45) is 11.8 Å². The maximum Gasteiger partial charge on any atom is 0.0591 e. The van der Waals surface area contributed by atoms with Gasteiger partial charge in [0.2, 0.25) is 0 Å². The molecule has 0 amide bonds. The highest BCUT2D eigenvalue weighted by Crippen LogP contribution is 2.23. The van der Waals surface area contributed by atoms with Crippen LogP contribution in [0, 0.1) is 11.8 Å². The predicted molar refractivity (Wildman–Crippen MR) is 69.7 cm³/mol. The smallest absolute Gasteiger partial charge is 0.0591 e. The molecule has 0 radical (unpaired) electrons. The minimum atomic E-state index is 0.748. The van der Waals surface area contributed by atoms with Crippen LogP contribution in [0.1, 0.15) is 52.9 Å². The Morgan fingerprint density at radius 3 is 2.75 bits per heavy atom. The van der Waals surface area contributed by atoms with E-state index < -0.39 is 0 Å². The lowest BCUT2D eigenvalue weighted by atomic mass is 9.87. The number of ether oxygens (including phenoxy) is 1. The summed E-state index contributed by atoms with van der Waals surface area (Å²) < 4.78 is 5.60. The molecule has 0 saturated heterocycles. The molecule has 0 aromatic carbocycles. The Morgan fingerprint density at radius 1 is 1.25 bits per heavy atom. The molecule has 1 rings (SSSR count). The number of hydrogen-bond donors (Lipinski definition) is 1. The van der Waals surface area contributed by atoms with Crippen molar-refractivity contribution in [2.45, 2.75) is 58.9 Å². The highest BCUT2D eigenvalue weighted by atomic mass is 16.5. The predicted octanol–water partition coefficient (Wildman–Crippen LogP) is 3.22. The SMILES string of the molecule is CC(C)CCOCCNC1CCCC(C)C1. The van der Waals surface area contributed by atoms with Crippen molar-refractivity contribution in [3.8, 4) is 0 Å². The molecule has 0 bridgehead atoms. The molecular formula is C14H29NO. The molecule has 2 nitrogen and oxygen atoms in total. The Labute approximate surface area is 101 Å². The van der Waals surface area contributed by atoms with Crippen molar-refractivity contribution in [2.75, 3.05) is 19.8 Å². The lowest BCUT2D eigenvalue weighted by molar-refractivity contribution is 0.121. The molecule has 0 aromatic rings. The van der Waals surface area contributed by atoms with Gasteiger partial charge in [0.25, 0.3) is 0 Å². The van der Waals surface area contributed by atoms with E-state index in [4.69, 9.17) is 4.74 Å². The minimum absolute atomic E-state index is 0.748. The van der Waals surface area contributed by atoms with Gasteiger partial charge in [0.1, 0.15) is 0 Å². The first kappa shape index (κ1) is 14.0. The fourth-order valence-corrected chi connectivity index (χ4v) is 2.38. The van der Waals surface area contributed by atoms with E-state index in [2.05, 4.69) is 26.1 Å². The molecular weight excluding hydrogens is 198 g/mol. The van der Waals surface area contributed by atoms with Crippen LogP contribution in [0.2, 0.25) is 0 Å². The summed E-state index contributed by atoms with van der Waals surface area (Å²) in [6, 6.07) is 0.748. The Kier molecular flexibility index (Phi) is 7.06. The summed E-state index contributed by atoms with van der Waals surface area (Å²) in [7, 11) is 0. The van der Waals surface area contributed by atoms with Crippen molar-refractivity contribution < 1.29 is 4.74 Å². The van der Waals surface area contributed by atoms with Crippen LogP contribution in [0.4, 0.5) is 0 Å². The van der Waals surface area contributed by atoms with E-state index in [-0.39, 0.29) is 0 Å². The monoisotopic (exact) mass is 227 g/mol. The first-order chi connectivity index (χ1) is 7.68. The van der Waals surface area contributed by atoms with Crippen molar-refractivity contribution in [1.29, 1.82) is 0 Å². The molecule has 0 spiro atoms. The summed E-state index contributed by atoms with van der Waals surface area (Å²) in [6.07, 6.45) is 6.71. The van der Waals surface area contributed by atoms with Crippen molar-refractivity contribution in [3.63, 3.8) is 0 Å². The molecule has 0 aromatic heterocycles. The second-order valence-electron chi connectivity index (χ2n) is 5.72. The Bertz CT molecular complexity index is 170. The van der Waals surface area contributed by atoms with Gasteiger partial charge >= 0.3 is 0 Å². The van der Waals surface area contributed by atoms with Gasteiger partial charge in [-0.3, -0.25) is 0 Å². The molecule has 1 aliphatic carbocycles. The molecule has 2 heteroatoms. The molecule has 1 aliphatic rings. The molecule has 0 heterocycles. The zero-order valence-electron chi connectivity index (χ0n) is 11.3. The Morgan fingerprint density at radius 2 is 2.06 bits per heavy atom. The van der Waals surface area contributed by atoms with Gasteiger partial charge in [0.05, 0.1) is 6.61 Å². The zero-order chi connectivity index (χ0) is 11.8. The highest BCUT2D eigenvalue weighted by Gasteiger charge is 2.17. The van der Waals surface area contributed by atoms with Crippen molar-refractivity contribution >= 4 is 0 Å². The highest BCUT2D eigenvalue weighted by molar-refractivity contribution is 4.75. The lowest BCUT2D eigenvalue weighted by Crippen LogP contribution is -2.35. The third-order valence-electron chi connectivity index (χ3n) is 3.46. The Balaban J connectivity index is 1.90. The van der Waals surface area contributed by atoms with Gasteiger partial charge in [-0.15, -0.1) is 0 Å². The van der Waals surface area contributed by atoms with Gasteiger partial charge in [0, 0.05) is 19.2 Å². The van der Waals surface area contributed by atoms with Crippen LogP contribution in [0.3, 0.4) is 0 Å². The molecule has 1 N–H and O–H groups in total. The van der Waals surface area contributed by atoms with E-state index in [1.54, 1.807) is 0 Å². The van der Waals surface area contributed by atoms with Gasteiger partial charge in [-0.1, -0.05) is 33.6 Å². The maximum atomic E-state index is 5.60. The van der Waals surface area contributed by atoms with Crippen LogP contribution in [0.5, 0.6) is 0 Å². The quantitative estimate of drug-likeness (QED) is 0.674. The molecule has 1 saturated carbocycles. The Hall–Kier alpha value is -0.0800. The van der Waals surface area contributed by atoms with Crippen LogP contribution in [0.15, 0.2) is 0 Å². The fraction of sp³-hybridized carbons (Fsp3) is 1.00. The number of nitrogens with one attached hydrogen (secondary N) is 1. The molecule has 2 atom stereocenters. The maximum absolute atomic E-state index is 5.60. The summed E-state index contributed by atoms with van der Waals surface area (Å²) in [5.74, 6) is 1.67. The number of rotatable bonds is 7. The third-order valence-corrected chi connectivity index (χ3v) is 3.46. The molecule has 2 unspecified atom stereocenters. The van der Waals surface area contributed by atoms with E-state index in [0.29, 0.717) is 0 Å². The van der Waals surface area contributed by atoms with Crippen LogP contribution < -0.4 is 5.32 Å². The molecule has 0 aliphatic heterocycles. The van der Waals surface area contributed by atoms with Gasteiger partial charge in [-0.2, -0.15) is 0 Å². The molecule has 96 valence electrons. The summed E-state index contributed by atoms with van der Waals surface area (Å²) >= 11 is 0. The van der Waals surface area contributed by atoms with Crippen LogP contribution in [0.25, 0.3) is 0 Å². The number of hydrogen-bond acceptors (Lipinski definition) is 2. The van der Waals surface area contributed by atoms with Crippen molar-refractivity contribution in [1.82, 2.24) is 5.32 Å². The van der Waals surface area contributed by atoms with E-state index in [1.807, 2.05) is 0 Å². The standard InChI is InChI=1S/C14H29NO/c1-12(2)7-9-16-10-8-15-14-6-4-5-13(3)11-14/h12-15H,4-11H2,1-3H3. The first-order valence-electron chi connectivity index (χ1n) is 6.99. The lowest BCUT2D eigenvalue weighted by Gasteiger charge is -2.27. The second-order valence-corrected chi connectivity index (χ2v) is 5.72. The van der Waals surface area contributed by atoms with Gasteiger partial charge in [0.15, 0.2) is 0 Å². The fourth-order valence-electron chi connectivity index (χ4n) is 2.38. The second kappa shape index (κ2) is 8.08. The van der Waals surface area contributed by atoms with Crippen LogP contribution >= 0.6 is 0 Å². The average Bonchev–Trinajstić information content (AvgIpc) is 2.23. The molecule has 1 fully saturated rings. The zero-order valence-corrected chi connectivity index (χ0v) is 11.3. The van der Waals surface area contributed by atoms with Gasteiger partial charge < -0.3 is 10.1 Å². The van der Waals surface area contributed by atoms with E-state index in [0.717, 1.165) is 37.6 Å². The summed E-state index contributed by atoms with van der Waals surface area (Å²) in [5, 5.41) is 3.62. The van der Waals surface area contributed by atoms with Crippen LogP contribution in [-0.2, 0) is 4.74 Å².